The van der Waals surface area contributed by atoms with E-state index in [0.29, 0.717) is 12.3 Å². The quantitative estimate of drug-likeness (QED) is 0.357. The molecule has 0 saturated carbocycles. The number of hydrogen-bond acceptors (Lipinski definition) is 6. The van der Waals surface area contributed by atoms with E-state index in [2.05, 4.69) is 40.0 Å². The molecule has 0 fully saturated rings. The SMILES string of the molecule is CC1CC(C)(/N=N\OO)C(=N)N=C1O[Si](C)(C)C. The van der Waals surface area contributed by atoms with Gasteiger partial charge in [0, 0.05) is 5.92 Å². The van der Waals surface area contributed by atoms with Crippen LogP contribution in [0.15, 0.2) is 15.4 Å². The van der Waals surface area contributed by atoms with Crippen LogP contribution in [0, 0.1) is 11.3 Å². The molecule has 1 aliphatic rings. The molecule has 18 heavy (non-hydrogen) atoms. The van der Waals surface area contributed by atoms with Gasteiger partial charge in [0.05, 0.1) is 5.28 Å². The van der Waals surface area contributed by atoms with Gasteiger partial charge in [-0.2, -0.15) is 5.26 Å². The lowest BCUT2D eigenvalue weighted by atomic mass is 9.87. The third-order valence-corrected chi connectivity index (χ3v) is 3.39. The standard InChI is InChI=1S/C10H20N4O3Si/c1-7-6-10(2,13-14-17-15)9(11)12-8(7)16-18(3,4)5/h7,11,15H,6H2,1-5H3/b11-9?,14-13-. The molecule has 0 radical (unpaired) electrons. The first-order chi connectivity index (χ1) is 8.18. The molecule has 0 saturated heterocycles. The largest absolute Gasteiger partial charge is 0.534 e. The second kappa shape index (κ2) is 5.15. The van der Waals surface area contributed by atoms with Gasteiger partial charge in [0.2, 0.25) is 8.32 Å². The van der Waals surface area contributed by atoms with Crippen LogP contribution in [0.2, 0.25) is 19.6 Å². The Hall–Kier alpha value is -1.28. The molecule has 1 heterocycles. The van der Waals surface area contributed by atoms with E-state index in [1.807, 2.05) is 6.92 Å². The van der Waals surface area contributed by atoms with E-state index in [0.717, 1.165) is 0 Å². The maximum absolute atomic E-state index is 8.18. The smallest absolute Gasteiger partial charge is 0.243 e. The zero-order valence-electron chi connectivity index (χ0n) is 11.4. The van der Waals surface area contributed by atoms with E-state index in [1.54, 1.807) is 6.92 Å². The molecule has 0 aliphatic carbocycles. The summed E-state index contributed by atoms with van der Waals surface area (Å²) in [5, 5.41) is 23.0. The Kier molecular flexibility index (Phi) is 4.23. The average molecular weight is 272 g/mol. The molecule has 7 nitrogen and oxygen atoms in total. The van der Waals surface area contributed by atoms with Crippen LogP contribution in [0.25, 0.3) is 0 Å². The van der Waals surface area contributed by atoms with Crippen molar-refractivity contribution in [2.45, 2.75) is 45.4 Å². The summed E-state index contributed by atoms with van der Waals surface area (Å²) in [5.41, 5.74) is -0.881. The fourth-order valence-electron chi connectivity index (χ4n) is 1.75. The summed E-state index contributed by atoms with van der Waals surface area (Å²) in [5.74, 6) is 0.708. The number of rotatable bonds is 3. The minimum atomic E-state index is -1.73. The summed E-state index contributed by atoms with van der Waals surface area (Å²) in [6, 6.07) is 0. The van der Waals surface area contributed by atoms with Crippen molar-refractivity contribution >= 4 is 20.1 Å². The highest BCUT2D eigenvalue weighted by Crippen LogP contribution is 2.30. The van der Waals surface area contributed by atoms with Crippen molar-refractivity contribution in [3.05, 3.63) is 0 Å². The summed E-state index contributed by atoms with van der Waals surface area (Å²) in [4.78, 5) is 7.77. The van der Waals surface area contributed by atoms with E-state index in [1.165, 1.54) is 0 Å². The van der Waals surface area contributed by atoms with Gasteiger partial charge in [-0.05, 0) is 33.0 Å². The monoisotopic (exact) mass is 272 g/mol. The normalized spacial score (nSPS) is 29.3. The second-order valence-corrected chi connectivity index (χ2v) is 10.1. The highest BCUT2D eigenvalue weighted by molar-refractivity contribution is 6.71. The Morgan fingerprint density at radius 1 is 1.50 bits per heavy atom. The van der Waals surface area contributed by atoms with E-state index in [-0.39, 0.29) is 11.8 Å². The van der Waals surface area contributed by atoms with Gasteiger partial charge in [0.15, 0.2) is 11.7 Å². The molecule has 1 aliphatic heterocycles. The van der Waals surface area contributed by atoms with Crippen LogP contribution in [0.3, 0.4) is 0 Å². The minimum Gasteiger partial charge on any atom is -0.534 e. The van der Waals surface area contributed by atoms with Crippen LogP contribution in [-0.2, 0) is 9.41 Å². The van der Waals surface area contributed by atoms with Gasteiger partial charge >= 0.3 is 0 Å². The highest BCUT2D eigenvalue weighted by Gasteiger charge is 2.40. The van der Waals surface area contributed by atoms with Gasteiger partial charge in [-0.25, -0.2) is 9.98 Å². The number of aliphatic imine (C=N–C) groups is 1. The van der Waals surface area contributed by atoms with Crippen LogP contribution in [-0.4, -0.2) is 30.8 Å². The maximum atomic E-state index is 8.18. The Morgan fingerprint density at radius 3 is 2.61 bits per heavy atom. The van der Waals surface area contributed by atoms with Crippen LogP contribution in [0.1, 0.15) is 20.3 Å². The summed E-state index contributed by atoms with van der Waals surface area (Å²) in [7, 11) is -1.73. The van der Waals surface area contributed by atoms with E-state index in [9.17, 15) is 0 Å². The molecule has 102 valence electrons. The van der Waals surface area contributed by atoms with Crippen molar-refractivity contribution in [1.29, 1.82) is 5.41 Å². The van der Waals surface area contributed by atoms with Gasteiger partial charge in [-0.3, -0.25) is 5.41 Å². The van der Waals surface area contributed by atoms with Crippen molar-refractivity contribution < 1.29 is 14.7 Å². The third kappa shape index (κ3) is 3.60. The first-order valence-corrected chi connectivity index (χ1v) is 9.18. The average Bonchev–Trinajstić information content (AvgIpc) is 2.21. The lowest BCUT2D eigenvalue weighted by molar-refractivity contribution is -0.252. The van der Waals surface area contributed by atoms with Crippen LogP contribution in [0.4, 0.5) is 0 Å². The van der Waals surface area contributed by atoms with E-state index >= 15 is 0 Å². The Bertz CT molecular complexity index is 391. The van der Waals surface area contributed by atoms with Crippen LogP contribution in [0.5, 0.6) is 0 Å². The second-order valence-electron chi connectivity index (χ2n) is 5.66. The van der Waals surface area contributed by atoms with Gasteiger partial charge in [-0.1, -0.05) is 6.92 Å². The Morgan fingerprint density at radius 2 is 2.11 bits per heavy atom. The predicted octanol–water partition coefficient (Wildman–Crippen LogP) is 2.87. The molecule has 0 aromatic carbocycles. The van der Waals surface area contributed by atoms with Gasteiger partial charge in [-0.15, -0.1) is 5.11 Å². The molecule has 2 N–H and O–H groups in total. The first-order valence-electron chi connectivity index (χ1n) is 5.77. The first kappa shape index (κ1) is 14.8. The fourth-order valence-corrected chi connectivity index (χ4v) is 2.63. The molecule has 0 amide bonds. The molecule has 0 aromatic heterocycles. The molecule has 0 aromatic rings. The van der Waals surface area contributed by atoms with Crippen molar-refractivity contribution in [3.8, 4) is 0 Å². The number of hydrogen-bond donors (Lipinski definition) is 2. The van der Waals surface area contributed by atoms with Gasteiger partial charge in [0.25, 0.3) is 0 Å². The number of nitrogens with one attached hydrogen (secondary N) is 1. The van der Waals surface area contributed by atoms with Crippen LogP contribution >= 0.6 is 0 Å². The number of amidine groups is 1. The zero-order chi connectivity index (χ0) is 14.0. The Labute approximate surface area is 107 Å². The van der Waals surface area contributed by atoms with Crippen molar-refractivity contribution in [3.63, 3.8) is 0 Å². The van der Waals surface area contributed by atoms with Gasteiger partial charge < -0.3 is 4.43 Å². The van der Waals surface area contributed by atoms with Crippen molar-refractivity contribution in [2.24, 2.45) is 21.3 Å². The minimum absolute atomic E-state index is 0.0495. The molecule has 8 heteroatoms. The number of nitrogens with zero attached hydrogens (tertiary/aromatic N) is 3. The Balaban J connectivity index is 2.93. The van der Waals surface area contributed by atoms with E-state index < -0.39 is 13.9 Å². The van der Waals surface area contributed by atoms with Crippen molar-refractivity contribution in [2.75, 3.05) is 0 Å². The van der Waals surface area contributed by atoms with Crippen LogP contribution < -0.4 is 0 Å². The van der Waals surface area contributed by atoms with E-state index in [4.69, 9.17) is 15.1 Å². The lowest BCUT2D eigenvalue weighted by Gasteiger charge is -2.33. The summed E-state index contributed by atoms with van der Waals surface area (Å²) in [6.07, 6.45) is 0.544. The zero-order valence-corrected chi connectivity index (χ0v) is 12.4. The molecule has 0 bridgehead atoms. The third-order valence-electron chi connectivity index (χ3n) is 2.57. The molecule has 1 rings (SSSR count). The summed E-state index contributed by atoms with van der Waals surface area (Å²) < 4.78 is 5.85. The topological polar surface area (TPSA) is 99.6 Å². The predicted molar refractivity (Wildman–Crippen MR) is 70.3 cm³/mol. The molecule has 2 unspecified atom stereocenters. The fraction of sp³-hybridized carbons (Fsp3) is 0.800. The molecule has 2 atom stereocenters. The van der Waals surface area contributed by atoms with Crippen molar-refractivity contribution in [1.82, 2.24) is 0 Å². The lowest BCUT2D eigenvalue weighted by Crippen LogP contribution is -2.43. The van der Waals surface area contributed by atoms with Gasteiger partial charge in [0.1, 0.15) is 5.54 Å². The molecule has 0 spiro atoms. The summed E-state index contributed by atoms with van der Waals surface area (Å²) in [6.45, 7) is 9.90. The summed E-state index contributed by atoms with van der Waals surface area (Å²) >= 11 is 0. The highest BCUT2D eigenvalue weighted by atomic mass is 28.4. The molecular formula is C10H20N4O3Si. The maximum Gasteiger partial charge on any atom is 0.243 e. The molecular weight excluding hydrogens is 252 g/mol.